The maximum atomic E-state index is 12.4. The SMILES string of the molecule is CNC(=O)C(CCC=O)c1coc2cc3ccc(OCC(F)F)cc3cc12. The number of ether oxygens (including phenoxy) is 1. The second-order valence-corrected chi connectivity index (χ2v) is 6.16. The number of alkyl halides is 2. The largest absolute Gasteiger partial charge is 0.488 e. The first kappa shape index (κ1) is 18.8. The monoisotopic (exact) mass is 375 g/mol. The third-order valence-corrected chi connectivity index (χ3v) is 4.42. The molecule has 1 atom stereocenters. The second kappa shape index (κ2) is 8.16. The lowest BCUT2D eigenvalue weighted by Crippen LogP contribution is -2.25. The minimum atomic E-state index is -2.55. The molecule has 0 spiro atoms. The Morgan fingerprint density at radius 3 is 2.78 bits per heavy atom. The zero-order valence-electron chi connectivity index (χ0n) is 14.7. The number of benzene rings is 2. The average Bonchev–Trinajstić information content (AvgIpc) is 3.07. The summed E-state index contributed by atoms with van der Waals surface area (Å²) in [5, 5.41) is 5.00. The maximum absolute atomic E-state index is 12.4. The molecule has 1 heterocycles. The van der Waals surface area contributed by atoms with Crippen molar-refractivity contribution in [2.24, 2.45) is 0 Å². The van der Waals surface area contributed by atoms with Gasteiger partial charge in [0.2, 0.25) is 5.91 Å². The van der Waals surface area contributed by atoms with E-state index in [0.29, 0.717) is 23.3 Å². The van der Waals surface area contributed by atoms with E-state index >= 15 is 0 Å². The van der Waals surface area contributed by atoms with E-state index in [1.807, 2.05) is 12.1 Å². The molecule has 0 aliphatic carbocycles. The van der Waals surface area contributed by atoms with Gasteiger partial charge >= 0.3 is 0 Å². The molecule has 1 unspecified atom stereocenters. The first-order chi connectivity index (χ1) is 13.0. The number of fused-ring (bicyclic) bond motifs is 2. The fourth-order valence-electron chi connectivity index (χ4n) is 3.12. The molecular formula is C20H19F2NO4. The van der Waals surface area contributed by atoms with Gasteiger partial charge in [-0.05, 0) is 41.5 Å². The number of carbonyl (C=O) groups excluding carboxylic acids is 2. The molecule has 1 amide bonds. The van der Waals surface area contributed by atoms with Crippen LogP contribution in [0.4, 0.5) is 8.78 Å². The Bertz CT molecular complexity index is 967. The van der Waals surface area contributed by atoms with Gasteiger partial charge in [-0.3, -0.25) is 4.79 Å². The van der Waals surface area contributed by atoms with Crippen molar-refractivity contribution in [1.82, 2.24) is 5.32 Å². The van der Waals surface area contributed by atoms with E-state index in [2.05, 4.69) is 5.32 Å². The molecule has 0 aliphatic rings. The lowest BCUT2D eigenvalue weighted by Gasteiger charge is -2.13. The quantitative estimate of drug-likeness (QED) is 0.604. The zero-order valence-corrected chi connectivity index (χ0v) is 14.7. The van der Waals surface area contributed by atoms with Gasteiger partial charge in [0.1, 0.15) is 24.2 Å². The van der Waals surface area contributed by atoms with E-state index in [1.165, 1.54) is 6.26 Å². The summed E-state index contributed by atoms with van der Waals surface area (Å²) in [6, 6.07) is 8.73. The summed E-state index contributed by atoms with van der Waals surface area (Å²) >= 11 is 0. The highest BCUT2D eigenvalue weighted by Crippen LogP contribution is 2.34. The number of aldehydes is 1. The number of carbonyl (C=O) groups is 2. The number of halogens is 2. The smallest absolute Gasteiger partial charge is 0.272 e. The summed E-state index contributed by atoms with van der Waals surface area (Å²) in [5.74, 6) is -0.373. The minimum Gasteiger partial charge on any atom is -0.488 e. The van der Waals surface area contributed by atoms with Gasteiger partial charge < -0.3 is 19.3 Å². The van der Waals surface area contributed by atoms with Crippen LogP contribution in [0.3, 0.4) is 0 Å². The van der Waals surface area contributed by atoms with E-state index in [9.17, 15) is 18.4 Å². The molecule has 0 saturated heterocycles. The van der Waals surface area contributed by atoms with Crippen LogP contribution in [0.25, 0.3) is 21.7 Å². The molecule has 0 bridgehead atoms. The number of nitrogens with one attached hydrogen (secondary N) is 1. The van der Waals surface area contributed by atoms with Crippen molar-refractivity contribution in [2.45, 2.75) is 25.2 Å². The number of rotatable bonds is 8. The van der Waals surface area contributed by atoms with Gasteiger partial charge in [-0.25, -0.2) is 8.78 Å². The summed E-state index contributed by atoms with van der Waals surface area (Å²) in [5.41, 5.74) is 1.30. The molecule has 0 aliphatic heterocycles. The first-order valence-electron chi connectivity index (χ1n) is 8.54. The van der Waals surface area contributed by atoms with Crippen LogP contribution in [-0.2, 0) is 9.59 Å². The Labute approximate surface area is 154 Å². The van der Waals surface area contributed by atoms with Gasteiger partial charge in [0, 0.05) is 24.4 Å². The first-order valence-corrected chi connectivity index (χ1v) is 8.54. The van der Waals surface area contributed by atoms with E-state index in [0.717, 1.165) is 22.4 Å². The van der Waals surface area contributed by atoms with Gasteiger partial charge in [0.15, 0.2) is 0 Å². The van der Waals surface area contributed by atoms with Crippen molar-refractivity contribution in [2.75, 3.05) is 13.7 Å². The van der Waals surface area contributed by atoms with Gasteiger partial charge in [-0.1, -0.05) is 6.07 Å². The molecule has 0 fully saturated rings. The Kier molecular flexibility index (Phi) is 5.69. The molecule has 3 aromatic rings. The summed E-state index contributed by atoms with van der Waals surface area (Å²) in [7, 11) is 1.54. The van der Waals surface area contributed by atoms with Crippen molar-refractivity contribution in [3.63, 3.8) is 0 Å². The Morgan fingerprint density at radius 1 is 1.26 bits per heavy atom. The molecular weight excluding hydrogens is 356 g/mol. The molecule has 7 heteroatoms. The third kappa shape index (κ3) is 4.07. The predicted octanol–water partition coefficient (Wildman–Crippen LogP) is 4.04. The van der Waals surface area contributed by atoms with Crippen molar-refractivity contribution < 1.29 is 27.5 Å². The minimum absolute atomic E-state index is 0.200. The maximum Gasteiger partial charge on any atom is 0.272 e. The lowest BCUT2D eigenvalue weighted by molar-refractivity contribution is -0.122. The molecule has 5 nitrogen and oxygen atoms in total. The van der Waals surface area contributed by atoms with E-state index in [-0.39, 0.29) is 12.3 Å². The highest BCUT2D eigenvalue weighted by molar-refractivity contribution is 6.00. The summed E-state index contributed by atoms with van der Waals surface area (Å²) in [6.07, 6.45) is 0.384. The van der Waals surface area contributed by atoms with Crippen molar-refractivity contribution >= 4 is 33.9 Å². The number of hydrogen-bond acceptors (Lipinski definition) is 4. The standard InChI is InChI=1S/C20H19F2NO4/c1-23-20(25)15(3-2-6-24)17-10-27-18-9-12-4-5-14(26-11-19(21)22)7-13(12)8-16(17)18/h4-10,15,19H,2-3,11H2,1H3,(H,23,25). The van der Waals surface area contributed by atoms with E-state index < -0.39 is 19.0 Å². The number of likely N-dealkylation sites (N-methyl/N-ethyl adjacent to an activating group) is 1. The average molecular weight is 375 g/mol. The van der Waals surface area contributed by atoms with Gasteiger partial charge in [0.25, 0.3) is 6.43 Å². The van der Waals surface area contributed by atoms with Crippen LogP contribution in [0.15, 0.2) is 41.0 Å². The van der Waals surface area contributed by atoms with E-state index in [1.54, 1.807) is 25.2 Å². The second-order valence-electron chi connectivity index (χ2n) is 6.16. The van der Waals surface area contributed by atoms with Crippen LogP contribution in [0.1, 0.15) is 24.3 Å². The third-order valence-electron chi connectivity index (χ3n) is 4.42. The Hall–Kier alpha value is -2.96. The van der Waals surface area contributed by atoms with Gasteiger partial charge in [-0.15, -0.1) is 0 Å². The van der Waals surface area contributed by atoms with Crippen molar-refractivity contribution in [3.8, 4) is 5.75 Å². The molecule has 3 rings (SSSR count). The van der Waals surface area contributed by atoms with Crippen molar-refractivity contribution in [3.05, 3.63) is 42.2 Å². The van der Waals surface area contributed by atoms with Crippen LogP contribution in [0.2, 0.25) is 0 Å². The zero-order chi connectivity index (χ0) is 19.4. The molecule has 0 saturated carbocycles. The predicted molar refractivity (Wildman–Crippen MR) is 97.3 cm³/mol. The molecule has 27 heavy (non-hydrogen) atoms. The molecule has 2 aromatic carbocycles. The number of hydrogen-bond donors (Lipinski definition) is 1. The molecule has 0 radical (unpaired) electrons. The van der Waals surface area contributed by atoms with Crippen LogP contribution in [0, 0.1) is 0 Å². The van der Waals surface area contributed by atoms with Crippen LogP contribution >= 0.6 is 0 Å². The molecule has 142 valence electrons. The number of amides is 1. The molecule has 1 aromatic heterocycles. The highest BCUT2D eigenvalue weighted by atomic mass is 19.3. The lowest BCUT2D eigenvalue weighted by atomic mass is 9.92. The summed E-state index contributed by atoms with van der Waals surface area (Å²) < 4.78 is 35.4. The van der Waals surface area contributed by atoms with Gasteiger partial charge in [0.05, 0.1) is 12.2 Å². The van der Waals surface area contributed by atoms with Crippen molar-refractivity contribution in [1.29, 1.82) is 0 Å². The Balaban J connectivity index is 2.03. The fraction of sp³-hybridized carbons (Fsp3) is 0.300. The topological polar surface area (TPSA) is 68.5 Å². The fourth-order valence-corrected chi connectivity index (χ4v) is 3.12. The van der Waals surface area contributed by atoms with E-state index in [4.69, 9.17) is 9.15 Å². The van der Waals surface area contributed by atoms with Crippen LogP contribution in [-0.4, -0.2) is 32.3 Å². The van der Waals surface area contributed by atoms with Crippen LogP contribution in [0.5, 0.6) is 5.75 Å². The summed E-state index contributed by atoms with van der Waals surface area (Å²) in [6.45, 7) is -0.671. The Morgan fingerprint density at radius 2 is 2.07 bits per heavy atom. The summed E-state index contributed by atoms with van der Waals surface area (Å²) in [4.78, 5) is 23.0. The highest BCUT2D eigenvalue weighted by Gasteiger charge is 2.23. The van der Waals surface area contributed by atoms with Crippen LogP contribution < -0.4 is 10.1 Å². The number of furan rings is 1. The normalized spacial score (nSPS) is 12.4. The molecule has 1 N–H and O–H groups in total. The van der Waals surface area contributed by atoms with Gasteiger partial charge in [-0.2, -0.15) is 0 Å².